The van der Waals surface area contributed by atoms with Gasteiger partial charge in [0.25, 0.3) is 0 Å². The molecule has 0 spiro atoms. The highest BCUT2D eigenvalue weighted by Gasteiger charge is 2.69. The van der Waals surface area contributed by atoms with Crippen molar-refractivity contribution in [1.82, 2.24) is 4.57 Å². The lowest BCUT2D eigenvalue weighted by Gasteiger charge is -2.29. The summed E-state index contributed by atoms with van der Waals surface area (Å²) in [6.45, 7) is 9.72. The van der Waals surface area contributed by atoms with E-state index in [1.165, 1.54) is 13.8 Å². The molecule has 28 heavy (non-hydrogen) atoms. The Kier molecular flexibility index (Phi) is 3.45. The van der Waals surface area contributed by atoms with E-state index >= 15 is 0 Å². The Balaban J connectivity index is 1.99. The van der Waals surface area contributed by atoms with Crippen LogP contribution in [0, 0.1) is 6.57 Å². The van der Waals surface area contributed by atoms with Crippen LogP contribution in [0.4, 0.5) is 18.9 Å². The van der Waals surface area contributed by atoms with E-state index in [-0.39, 0.29) is 16.8 Å². The van der Waals surface area contributed by atoms with Crippen LogP contribution in [0.3, 0.4) is 0 Å². The summed E-state index contributed by atoms with van der Waals surface area (Å²) in [5, 5.41) is 42.0. The van der Waals surface area contributed by atoms with Gasteiger partial charge in [0.05, 0.1) is 28.9 Å². The Morgan fingerprint density at radius 2 is 1.57 bits per heavy atom. The monoisotopic (exact) mass is 396 g/mol. The molecule has 7 nitrogen and oxygen atoms in total. The maximum absolute atomic E-state index is 13.3. The van der Waals surface area contributed by atoms with E-state index in [9.17, 15) is 33.6 Å². The average molecular weight is 396 g/mol. The highest BCUT2D eigenvalue weighted by Crippen LogP contribution is 2.64. The van der Waals surface area contributed by atoms with Crippen LogP contribution in [0.2, 0.25) is 0 Å². The fourth-order valence-electron chi connectivity index (χ4n) is 4.28. The maximum Gasteiger partial charge on any atom is 0.407 e. The van der Waals surface area contributed by atoms with Gasteiger partial charge in [-0.05, 0) is 26.0 Å². The summed E-state index contributed by atoms with van der Waals surface area (Å²) in [6, 6.07) is 2.73. The first-order valence-electron chi connectivity index (χ1n) is 8.21. The number of aliphatic hydroxyl groups excluding tert-OH is 2. The van der Waals surface area contributed by atoms with Gasteiger partial charge in [-0.2, -0.15) is 13.2 Å². The van der Waals surface area contributed by atoms with E-state index in [2.05, 4.69) is 4.85 Å². The van der Waals surface area contributed by atoms with Crippen molar-refractivity contribution in [3.05, 3.63) is 46.3 Å². The molecular weight excluding hydrogens is 381 g/mol. The van der Waals surface area contributed by atoms with Gasteiger partial charge in [0.15, 0.2) is 5.69 Å². The summed E-state index contributed by atoms with van der Waals surface area (Å²) in [5.74, 6) is -1.23. The summed E-state index contributed by atoms with van der Waals surface area (Å²) < 4.78 is 46.3. The molecule has 10 heteroatoms. The quantitative estimate of drug-likeness (QED) is 0.556. The van der Waals surface area contributed by atoms with Crippen LogP contribution in [-0.2, 0) is 22.1 Å². The second kappa shape index (κ2) is 5.20. The van der Waals surface area contributed by atoms with Crippen molar-refractivity contribution < 1.29 is 38.3 Å². The van der Waals surface area contributed by atoms with Crippen LogP contribution in [-0.4, -0.2) is 37.2 Å². The van der Waals surface area contributed by atoms with Crippen molar-refractivity contribution in [1.29, 1.82) is 0 Å². The number of alkyl halides is 3. The molecule has 2 aliphatic rings. The fourth-order valence-corrected chi connectivity index (χ4v) is 4.28. The Bertz CT molecular complexity index is 1010. The van der Waals surface area contributed by atoms with Crippen molar-refractivity contribution in [2.75, 3.05) is 0 Å². The van der Waals surface area contributed by atoms with E-state index in [1.54, 1.807) is 0 Å². The van der Waals surface area contributed by atoms with Gasteiger partial charge in [-0.1, -0.05) is 6.07 Å². The lowest BCUT2D eigenvalue weighted by atomic mass is 9.76. The molecule has 0 radical (unpaired) electrons. The summed E-state index contributed by atoms with van der Waals surface area (Å²) in [7, 11) is 0. The zero-order valence-electron chi connectivity index (χ0n) is 14.6. The van der Waals surface area contributed by atoms with Crippen molar-refractivity contribution >= 4 is 5.69 Å². The van der Waals surface area contributed by atoms with Gasteiger partial charge in [-0.3, -0.25) is 4.57 Å². The molecule has 4 atom stereocenters. The van der Waals surface area contributed by atoms with Crippen LogP contribution in [0.5, 0.6) is 11.8 Å². The highest BCUT2D eigenvalue weighted by molar-refractivity contribution is 5.65. The molecule has 0 aliphatic carbocycles. The van der Waals surface area contributed by atoms with Crippen molar-refractivity contribution in [2.45, 2.75) is 43.4 Å². The smallest absolute Gasteiger partial charge is 0.407 e. The molecule has 2 aliphatic heterocycles. The van der Waals surface area contributed by atoms with Crippen molar-refractivity contribution in [3.63, 3.8) is 0 Å². The number of ether oxygens (including phenoxy) is 1. The van der Waals surface area contributed by atoms with Gasteiger partial charge < -0.3 is 25.2 Å². The summed E-state index contributed by atoms with van der Waals surface area (Å²) in [4.78, 5) is 2.85. The molecule has 2 unspecified atom stereocenters. The summed E-state index contributed by atoms with van der Waals surface area (Å²) >= 11 is 0. The molecule has 4 N–H and O–H groups in total. The van der Waals surface area contributed by atoms with Crippen LogP contribution < -0.4 is 0 Å². The number of rotatable bonds is 1. The number of nitrogens with zero attached hydrogens (tertiary/aromatic N) is 2. The predicted molar refractivity (Wildman–Crippen MR) is 88.2 cm³/mol. The minimum atomic E-state index is -4.82. The van der Waals surface area contributed by atoms with E-state index < -0.39 is 52.6 Å². The normalized spacial score (nSPS) is 31.1. The number of aliphatic hydroxyl groups is 2. The molecule has 4 rings (SSSR count). The van der Waals surface area contributed by atoms with Gasteiger partial charge in [-0.15, -0.1) is 0 Å². The SMILES string of the molecule is [C-]#[N+]c1ccc(-n2c(O)c3c(c2O)C2(C)OC3(C)[C@@H](O)[C@@H]2O)cc1C(F)(F)F. The largest absolute Gasteiger partial charge is 0.494 e. The fraction of sp³-hybridized carbons (Fsp3) is 0.389. The molecule has 0 amide bonds. The number of fused-ring (bicyclic) bond motifs is 5. The number of benzene rings is 1. The van der Waals surface area contributed by atoms with Gasteiger partial charge >= 0.3 is 6.18 Å². The van der Waals surface area contributed by atoms with Crippen LogP contribution in [0.15, 0.2) is 18.2 Å². The third-order valence-corrected chi connectivity index (χ3v) is 5.63. The lowest BCUT2D eigenvalue weighted by Crippen LogP contribution is -2.44. The van der Waals surface area contributed by atoms with E-state index in [4.69, 9.17) is 11.3 Å². The molecule has 1 aromatic heterocycles. The predicted octanol–water partition coefficient (Wildman–Crippen LogP) is 2.65. The number of halogens is 3. The summed E-state index contributed by atoms with van der Waals surface area (Å²) in [5.41, 5.74) is -5.20. The Morgan fingerprint density at radius 1 is 1.07 bits per heavy atom. The van der Waals surface area contributed by atoms with Gasteiger partial charge in [0.1, 0.15) is 23.4 Å². The van der Waals surface area contributed by atoms with Gasteiger partial charge in [0.2, 0.25) is 11.8 Å². The molecule has 0 saturated carbocycles. The standard InChI is InChI=1S/C18H15F3N2O5/c1-16-10-11(17(2,28-16)13(25)12(16)24)15(27)23(14(10)26)7-4-5-9(22-3)8(6-7)18(19,20)21/h4-6,12-13,24-27H,1-2H3/t12-,13-,16?,17?/m0/s1. The number of aromatic hydroxyl groups is 2. The highest BCUT2D eigenvalue weighted by atomic mass is 19.4. The molecular formula is C18H15F3N2O5. The van der Waals surface area contributed by atoms with Crippen molar-refractivity contribution in [3.8, 4) is 17.4 Å². The second-order valence-corrected chi connectivity index (χ2v) is 7.25. The van der Waals surface area contributed by atoms with Crippen LogP contribution >= 0.6 is 0 Å². The van der Waals surface area contributed by atoms with Crippen molar-refractivity contribution in [2.24, 2.45) is 0 Å². The molecule has 1 aromatic carbocycles. The zero-order chi connectivity index (χ0) is 20.8. The van der Waals surface area contributed by atoms with Gasteiger partial charge in [0, 0.05) is 0 Å². The first-order chi connectivity index (χ1) is 12.9. The van der Waals surface area contributed by atoms with E-state index in [0.717, 1.165) is 16.7 Å². The lowest BCUT2D eigenvalue weighted by molar-refractivity contribution is -0.136. The van der Waals surface area contributed by atoms with Gasteiger partial charge in [-0.25, -0.2) is 4.85 Å². The molecule has 2 bridgehead atoms. The molecule has 3 heterocycles. The number of hydrogen-bond acceptors (Lipinski definition) is 5. The zero-order valence-corrected chi connectivity index (χ0v) is 14.6. The third-order valence-electron chi connectivity index (χ3n) is 5.63. The second-order valence-electron chi connectivity index (χ2n) is 7.25. The first-order valence-corrected chi connectivity index (χ1v) is 8.21. The number of aromatic nitrogens is 1. The molecule has 148 valence electrons. The maximum atomic E-state index is 13.3. The minimum Gasteiger partial charge on any atom is -0.494 e. The Morgan fingerprint density at radius 3 is 2.00 bits per heavy atom. The topological polar surface area (TPSA) is 99.4 Å². The number of hydrogen-bond donors (Lipinski definition) is 4. The molecule has 1 saturated heterocycles. The average Bonchev–Trinajstić information content (AvgIpc) is 3.10. The van der Waals surface area contributed by atoms with Crippen LogP contribution in [0.25, 0.3) is 10.5 Å². The first kappa shape index (κ1) is 18.6. The summed E-state index contributed by atoms with van der Waals surface area (Å²) in [6.07, 6.45) is -7.65. The minimum absolute atomic E-state index is 0.00638. The molecule has 2 aromatic rings. The Labute approximate surface area is 156 Å². The van der Waals surface area contributed by atoms with E-state index in [0.29, 0.717) is 6.07 Å². The molecule has 1 fully saturated rings. The Hall–Kier alpha value is -2.74. The third kappa shape index (κ3) is 1.98. The van der Waals surface area contributed by atoms with Crippen LogP contribution in [0.1, 0.15) is 30.5 Å². The van der Waals surface area contributed by atoms with E-state index in [1.807, 2.05) is 0 Å².